The van der Waals surface area contributed by atoms with Crippen LogP contribution in [0.15, 0.2) is 18.2 Å². The minimum atomic E-state index is -0.532. The van der Waals surface area contributed by atoms with Gasteiger partial charge in [-0.05, 0) is 48.6 Å². The molecule has 2 N–H and O–H groups in total. The molecule has 1 aromatic rings. The van der Waals surface area contributed by atoms with Gasteiger partial charge in [0, 0.05) is 12.1 Å². The van der Waals surface area contributed by atoms with Gasteiger partial charge in [-0.2, -0.15) is 0 Å². The first-order chi connectivity index (χ1) is 8.97. The fourth-order valence-electron chi connectivity index (χ4n) is 3.09. The van der Waals surface area contributed by atoms with E-state index in [1.807, 2.05) is 0 Å². The van der Waals surface area contributed by atoms with Crippen molar-refractivity contribution in [1.82, 2.24) is 0 Å². The second-order valence-corrected chi connectivity index (χ2v) is 6.13. The monoisotopic (exact) mass is 267 g/mol. The zero-order valence-electron chi connectivity index (χ0n) is 11.7. The molecule has 1 nitrogen and oxygen atoms in total. The minimum absolute atomic E-state index is 0.0325. The van der Waals surface area contributed by atoms with Crippen LogP contribution in [-0.4, -0.2) is 6.04 Å². The third kappa shape index (κ3) is 3.53. The maximum Gasteiger partial charge on any atom is 0.129 e. The van der Waals surface area contributed by atoms with Crippen LogP contribution in [0.3, 0.4) is 0 Å². The highest BCUT2D eigenvalue weighted by molar-refractivity contribution is 5.19. The summed E-state index contributed by atoms with van der Waals surface area (Å²) in [5.74, 6) is 0.882. The fraction of sp³-hybridized carbons (Fsp3) is 0.625. The molecule has 0 amide bonds. The molecule has 1 aliphatic rings. The van der Waals surface area contributed by atoms with Crippen molar-refractivity contribution in [2.75, 3.05) is 0 Å². The lowest BCUT2D eigenvalue weighted by atomic mass is 9.72. The average molecular weight is 267 g/mol. The summed E-state index contributed by atoms with van der Waals surface area (Å²) >= 11 is 0. The lowest BCUT2D eigenvalue weighted by Gasteiger charge is -2.35. The first-order valence-electron chi connectivity index (χ1n) is 7.17. The molecule has 0 aliphatic heterocycles. The van der Waals surface area contributed by atoms with E-state index in [-0.39, 0.29) is 6.04 Å². The normalized spacial score (nSPS) is 29.2. The summed E-state index contributed by atoms with van der Waals surface area (Å²) in [7, 11) is 0. The Kier molecular flexibility index (Phi) is 4.56. The summed E-state index contributed by atoms with van der Waals surface area (Å²) in [6, 6.07) is 3.72. The Morgan fingerprint density at radius 3 is 2.58 bits per heavy atom. The van der Waals surface area contributed by atoms with Gasteiger partial charge in [-0.3, -0.25) is 0 Å². The van der Waals surface area contributed by atoms with E-state index in [1.165, 1.54) is 18.6 Å². The van der Waals surface area contributed by atoms with E-state index in [0.29, 0.717) is 23.8 Å². The largest absolute Gasteiger partial charge is 0.327 e. The second-order valence-electron chi connectivity index (χ2n) is 6.13. The lowest BCUT2D eigenvalue weighted by molar-refractivity contribution is 0.184. The number of rotatable bonds is 3. The first-order valence-corrected chi connectivity index (χ1v) is 7.17. The molecule has 3 heteroatoms. The Morgan fingerprint density at radius 1 is 1.21 bits per heavy atom. The van der Waals surface area contributed by atoms with Crippen LogP contribution in [0.25, 0.3) is 0 Å². The van der Waals surface area contributed by atoms with E-state index >= 15 is 0 Å². The van der Waals surface area contributed by atoms with Gasteiger partial charge in [0.05, 0.1) is 0 Å². The Morgan fingerprint density at radius 2 is 1.95 bits per heavy atom. The van der Waals surface area contributed by atoms with Crippen LogP contribution in [0.4, 0.5) is 8.78 Å². The molecule has 4 unspecified atom stereocenters. The van der Waals surface area contributed by atoms with Gasteiger partial charge in [-0.25, -0.2) is 8.78 Å². The molecule has 0 bridgehead atoms. The Hall–Kier alpha value is -0.960. The molecule has 1 aliphatic carbocycles. The molecule has 2 rings (SSSR count). The second kappa shape index (κ2) is 6.00. The maximum atomic E-state index is 13.6. The maximum absolute atomic E-state index is 13.6. The Balaban J connectivity index is 1.99. The SMILES string of the molecule is CC1CCC(C(N)Cc2ccc(F)cc2F)CC1C. The van der Waals surface area contributed by atoms with Gasteiger partial charge >= 0.3 is 0 Å². The van der Waals surface area contributed by atoms with Gasteiger partial charge in [0.2, 0.25) is 0 Å². The van der Waals surface area contributed by atoms with E-state index in [4.69, 9.17) is 5.73 Å². The molecular formula is C16H23F2N. The zero-order valence-corrected chi connectivity index (χ0v) is 11.7. The predicted molar refractivity (Wildman–Crippen MR) is 73.7 cm³/mol. The molecule has 0 heterocycles. The van der Waals surface area contributed by atoms with Crippen LogP contribution in [-0.2, 0) is 6.42 Å². The Labute approximate surface area is 114 Å². The molecule has 4 atom stereocenters. The molecule has 0 spiro atoms. The van der Waals surface area contributed by atoms with Gasteiger partial charge in [0.15, 0.2) is 0 Å². The van der Waals surface area contributed by atoms with E-state index in [1.54, 1.807) is 0 Å². The standard InChI is InChI=1S/C16H23F2N/c1-10-3-4-13(7-11(10)2)16(19)8-12-5-6-14(17)9-15(12)18/h5-6,9-11,13,16H,3-4,7-8,19H2,1-2H3. The molecule has 1 fully saturated rings. The highest BCUT2D eigenvalue weighted by Gasteiger charge is 2.28. The van der Waals surface area contributed by atoms with Crippen molar-refractivity contribution >= 4 is 0 Å². The molecule has 0 saturated heterocycles. The summed E-state index contributed by atoms with van der Waals surface area (Å²) in [4.78, 5) is 0. The van der Waals surface area contributed by atoms with Gasteiger partial charge < -0.3 is 5.73 Å². The van der Waals surface area contributed by atoms with Crippen molar-refractivity contribution < 1.29 is 8.78 Å². The third-order valence-electron chi connectivity index (χ3n) is 4.71. The molecule has 0 radical (unpaired) electrons. The first kappa shape index (κ1) is 14.4. The molecule has 106 valence electrons. The van der Waals surface area contributed by atoms with Gasteiger partial charge in [-0.1, -0.05) is 26.3 Å². The van der Waals surface area contributed by atoms with Crippen LogP contribution in [0.1, 0.15) is 38.7 Å². The highest BCUT2D eigenvalue weighted by Crippen LogP contribution is 2.35. The summed E-state index contributed by atoms with van der Waals surface area (Å²) in [5.41, 5.74) is 6.76. The number of halogens is 2. The topological polar surface area (TPSA) is 26.0 Å². The van der Waals surface area contributed by atoms with Crippen LogP contribution in [0.2, 0.25) is 0 Å². The summed E-state index contributed by atoms with van der Waals surface area (Å²) in [6.07, 6.45) is 3.93. The van der Waals surface area contributed by atoms with Crippen molar-refractivity contribution in [3.8, 4) is 0 Å². The predicted octanol–water partition coefficient (Wildman–Crippen LogP) is 3.91. The van der Waals surface area contributed by atoms with Crippen LogP contribution >= 0.6 is 0 Å². The van der Waals surface area contributed by atoms with Crippen LogP contribution in [0.5, 0.6) is 0 Å². The van der Waals surface area contributed by atoms with E-state index in [9.17, 15) is 8.78 Å². The third-order valence-corrected chi connectivity index (χ3v) is 4.71. The van der Waals surface area contributed by atoms with Crippen molar-refractivity contribution in [3.63, 3.8) is 0 Å². The Bertz CT molecular complexity index is 433. The zero-order chi connectivity index (χ0) is 14.0. The number of nitrogens with two attached hydrogens (primary N) is 1. The van der Waals surface area contributed by atoms with E-state index in [2.05, 4.69) is 13.8 Å². The lowest BCUT2D eigenvalue weighted by Crippen LogP contribution is -2.37. The number of hydrogen-bond acceptors (Lipinski definition) is 1. The molecule has 1 saturated carbocycles. The molecule has 19 heavy (non-hydrogen) atoms. The fourth-order valence-corrected chi connectivity index (χ4v) is 3.09. The average Bonchev–Trinajstić information content (AvgIpc) is 2.36. The van der Waals surface area contributed by atoms with Gasteiger partial charge in [0.1, 0.15) is 11.6 Å². The highest BCUT2D eigenvalue weighted by atomic mass is 19.1. The van der Waals surface area contributed by atoms with Crippen molar-refractivity contribution in [1.29, 1.82) is 0 Å². The quantitative estimate of drug-likeness (QED) is 0.883. The van der Waals surface area contributed by atoms with Crippen LogP contribution < -0.4 is 5.73 Å². The van der Waals surface area contributed by atoms with Crippen molar-refractivity contribution in [2.24, 2.45) is 23.5 Å². The number of benzene rings is 1. The smallest absolute Gasteiger partial charge is 0.129 e. The summed E-state index contributed by atoms with van der Waals surface area (Å²) in [5, 5.41) is 0. The number of hydrogen-bond donors (Lipinski definition) is 1. The van der Waals surface area contributed by atoms with Gasteiger partial charge in [-0.15, -0.1) is 0 Å². The van der Waals surface area contributed by atoms with Crippen LogP contribution in [0, 0.1) is 29.4 Å². The van der Waals surface area contributed by atoms with Crippen molar-refractivity contribution in [2.45, 2.75) is 45.6 Å². The minimum Gasteiger partial charge on any atom is -0.327 e. The molecular weight excluding hydrogens is 244 g/mol. The summed E-state index contributed by atoms with van der Waals surface area (Å²) < 4.78 is 26.5. The van der Waals surface area contributed by atoms with E-state index in [0.717, 1.165) is 24.8 Å². The molecule has 0 aromatic heterocycles. The van der Waals surface area contributed by atoms with E-state index < -0.39 is 11.6 Å². The van der Waals surface area contributed by atoms with Crippen molar-refractivity contribution in [3.05, 3.63) is 35.4 Å². The van der Waals surface area contributed by atoms with Gasteiger partial charge in [0.25, 0.3) is 0 Å². The summed E-state index contributed by atoms with van der Waals surface area (Å²) in [6.45, 7) is 4.55. The molecule has 1 aromatic carbocycles.